The molecular weight excluding hydrogens is 330 g/mol. The van der Waals surface area contributed by atoms with E-state index in [2.05, 4.69) is 40.9 Å². The van der Waals surface area contributed by atoms with Crippen LogP contribution in [-0.2, 0) is 11.3 Å². The fourth-order valence-electron chi connectivity index (χ4n) is 3.39. The molecule has 1 aliphatic carbocycles. The van der Waals surface area contributed by atoms with Crippen LogP contribution in [0.3, 0.4) is 0 Å². The highest BCUT2D eigenvalue weighted by Crippen LogP contribution is 2.34. The van der Waals surface area contributed by atoms with Gasteiger partial charge in [-0.1, -0.05) is 47.5 Å². The lowest BCUT2D eigenvalue weighted by molar-refractivity contribution is -0.146. The summed E-state index contributed by atoms with van der Waals surface area (Å²) in [6, 6.07) is 8.29. The second kappa shape index (κ2) is 7.41. The number of hydrogen-bond acceptors (Lipinski definition) is 2. The molecule has 0 aromatic heterocycles. The number of carboxylic acids is 1. The second-order valence-corrected chi connectivity index (χ2v) is 6.96. The molecule has 0 amide bonds. The zero-order valence-corrected chi connectivity index (χ0v) is 14.3. The second-order valence-electron chi connectivity index (χ2n) is 6.11. The first kappa shape index (κ1) is 16.5. The van der Waals surface area contributed by atoms with Gasteiger partial charge in [-0.15, -0.1) is 0 Å². The Hall–Kier alpha value is -0.870. The topological polar surface area (TPSA) is 40.5 Å². The number of benzene rings is 1. The third kappa shape index (κ3) is 4.07. The molecule has 116 valence electrons. The van der Waals surface area contributed by atoms with Crippen LogP contribution in [0.5, 0.6) is 0 Å². The lowest BCUT2D eigenvalue weighted by Gasteiger charge is -2.39. The molecule has 1 aromatic rings. The largest absolute Gasteiger partial charge is 0.481 e. The number of rotatable bonds is 5. The van der Waals surface area contributed by atoms with Gasteiger partial charge in [-0.3, -0.25) is 9.69 Å². The molecule has 2 rings (SSSR count). The number of carbonyl (C=O) groups is 1. The van der Waals surface area contributed by atoms with Crippen LogP contribution < -0.4 is 0 Å². The van der Waals surface area contributed by atoms with E-state index in [1.165, 1.54) is 5.56 Å². The maximum atomic E-state index is 11.5. The van der Waals surface area contributed by atoms with Crippen molar-refractivity contribution in [2.75, 3.05) is 7.05 Å². The summed E-state index contributed by atoms with van der Waals surface area (Å²) >= 11 is 3.58. The van der Waals surface area contributed by atoms with E-state index in [1.807, 2.05) is 18.2 Å². The van der Waals surface area contributed by atoms with Gasteiger partial charge in [0.2, 0.25) is 0 Å². The first-order valence-corrected chi connectivity index (χ1v) is 8.48. The van der Waals surface area contributed by atoms with Crippen molar-refractivity contribution in [3.05, 3.63) is 34.3 Å². The summed E-state index contributed by atoms with van der Waals surface area (Å²) in [5.41, 5.74) is 1.21. The minimum Gasteiger partial charge on any atom is -0.481 e. The van der Waals surface area contributed by atoms with Crippen molar-refractivity contribution in [1.29, 1.82) is 0 Å². The van der Waals surface area contributed by atoms with Gasteiger partial charge in [-0.25, -0.2) is 0 Å². The molecule has 3 nitrogen and oxygen atoms in total. The molecule has 0 bridgehead atoms. The van der Waals surface area contributed by atoms with Gasteiger partial charge in [-0.05, 0) is 43.9 Å². The summed E-state index contributed by atoms with van der Waals surface area (Å²) in [5.74, 6) is -0.221. The standard InChI is InChI=1S/C17H24BrNO2/c1-3-12-8-9-14(17(20)21)16(10-12)19(2)11-13-6-4-5-7-15(13)18/h4-7,12,14,16H,3,8-11H2,1-2H3,(H,20,21). The predicted octanol–water partition coefficient (Wildman–Crippen LogP) is 4.16. The van der Waals surface area contributed by atoms with Crippen LogP contribution in [0.4, 0.5) is 0 Å². The summed E-state index contributed by atoms with van der Waals surface area (Å²) in [6.45, 7) is 2.99. The molecule has 4 heteroatoms. The van der Waals surface area contributed by atoms with Gasteiger partial charge >= 0.3 is 5.97 Å². The molecule has 1 N–H and O–H groups in total. The van der Waals surface area contributed by atoms with E-state index in [1.54, 1.807) is 0 Å². The van der Waals surface area contributed by atoms with Gasteiger partial charge in [0.25, 0.3) is 0 Å². The van der Waals surface area contributed by atoms with Crippen molar-refractivity contribution in [2.24, 2.45) is 11.8 Å². The normalized spacial score (nSPS) is 26.0. The van der Waals surface area contributed by atoms with Crippen molar-refractivity contribution < 1.29 is 9.90 Å². The monoisotopic (exact) mass is 353 g/mol. The smallest absolute Gasteiger partial charge is 0.308 e. The lowest BCUT2D eigenvalue weighted by Crippen LogP contribution is -2.45. The summed E-state index contributed by atoms with van der Waals surface area (Å²) in [7, 11) is 2.05. The molecule has 0 aliphatic heterocycles. The molecule has 1 aliphatic rings. The predicted molar refractivity (Wildman–Crippen MR) is 88.2 cm³/mol. The van der Waals surface area contributed by atoms with E-state index in [0.717, 1.165) is 36.7 Å². The van der Waals surface area contributed by atoms with Gasteiger partial charge < -0.3 is 5.11 Å². The third-order valence-electron chi connectivity index (χ3n) is 4.76. The van der Waals surface area contributed by atoms with E-state index in [0.29, 0.717) is 5.92 Å². The van der Waals surface area contributed by atoms with E-state index in [-0.39, 0.29) is 12.0 Å². The fourth-order valence-corrected chi connectivity index (χ4v) is 3.80. The zero-order chi connectivity index (χ0) is 15.4. The van der Waals surface area contributed by atoms with Gasteiger partial charge in [0.1, 0.15) is 0 Å². The average Bonchev–Trinajstić information content (AvgIpc) is 2.48. The maximum absolute atomic E-state index is 11.5. The summed E-state index contributed by atoms with van der Waals surface area (Å²) in [5, 5.41) is 9.50. The first-order valence-electron chi connectivity index (χ1n) is 7.69. The molecule has 0 heterocycles. The van der Waals surface area contributed by atoms with Crippen molar-refractivity contribution in [3.8, 4) is 0 Å². The number of carboxylic acid groups (broad SMARTS) is 1. The average molecular weight is 354 g/mol. The number of halogens is 1. The van der Waals surface area contributed by atoms with Crippen molar-refractivity contribution in [1.82, 2.24) is 4.90 Å². The SMILES string of the molecule is CCC1CCC(C(=O)O)C(N(C)Cc2ccccc2Br)C1. The van der Waals surface area contributed by atoms with Gasteiger partial charge in [-0.2, -0.15) is 0 Å². The van der Waals surface area contributed by atoms with E-state index < -0.39 is 5.97 Å². The molecule has 3 atom stereocenters. The van der Waals surface area contributed by atoms with E-state index in [4.69, 9.17) is 0 Å². The Balaban J connectivity index is 2.11. The molecular formula is C17H24BrNO2. The highest BCUT2D eigenvalue weighted by molar-refractivity contribution is 9.10. The van der Waals surface area contributed by atoms with Crippen LogP contribution in [0.1, 0.15) is 38.2 Å². The first-order chi connectivity index (χ1) is 10.0. The molecule has 3 unspecified atom stereocenters. The van der Waals surface area contributed by atoms with Crippen LogP contribution in [0.15, 0.2) is 28.7 Å². The lowest BCUT2D eigenvalue weighted by atomic mass is 9.76. The van der Waals surface area contributed by atoms with E-state index >= 15 is 0 Å². The Morgan fingerprint density at radius 2 is 2.10 bits per heavy atom. The van der Waals surface area contributed by atoms with Crippen LogP contribution in [-0.4, -0.2) is 29.1 Å². The van der Waals surface area contributed by atoms with Gasteiger partial charge in [0.15, 0.2) is 0 Å². The van der Waals surface area contributed by atoms with Crippen LogP contribution in [0.2, 0.25) is 0 Å². The minimum absolute atomic E-state index is 0.133. The van der Waals surface area contributed by atoms with Crippen molar-refractivity contribution >= 4 is 21.9 Å². The maximum Gasteiger partial charge on any atom is 0.308 e. The molecule has 1 fully saturated rings. The van der Waals surface area contributed by atoms with Crippen molar-refractivity contribution in [3.63, 3.8) is 0 Å². The van der Waals surface area contributed by atoms with Crippen LogP contribution in [0, 0.1) is 11.8 Å². The Morgan fingerprint density at radius 1 is 1.38 bits per heavy atom. The highest BCUT2D eigenvalue weighted by atomic mass is 79.9. The Kier molecular flexibility index (Phi) is 5.82. The van der Waals surface area contributed by atoms with Gasteiger partial charge in [0.05, 0.1) is 5.92 Å². The van der Waals surface area contributed by atoms with Gasteiger partial charge in [0, 0.05) is 17.1 Å². The number of nitrogens with zero attached hydrogens (tertiary/aromatic N) is 1. The van der Waals surface area contributed by atoms with Crippen molar-refractivity contribution in [2.45, 2.75) is 45.2 Å². The highest BCUT2D eigenvalue weighted by Gasteiger charge is 2.36. The molecule has 0 spiro atoms. The third-order valence-corrected chi connectivity index (χ3v) is 5.54. The number of aliphatic carboxylic acids is 1. The Labute approximate surface area is 135 Å². The van der Waals surface area contributed by atoms with E-state index in [9.17, 15) is 9.90 Å². The van der Waals surface area contributed by atoms with Crippen LogP contribution in [0.25, 0.3) is 0 Å². The quantitative estimate of drug-likeness (QED) is 0.863. The molecule has 21 heavy (non-hydrogen) atoms. The summed E-state index contributed by atoms with van der Waals surface area (Å²) in [4.78, 5) is 13.8. The Bertz CT molecular complexity index is 491. The summed E-state index contributed by atoms with van der Waals surface area (Å²) < 4.78 is 1.09. The van der Waals surface area contributed by atoms with Crippen LogP contribution >= 0.6 is 15.9 Å². The molecule has 1 saturated carbocycles. The molecule has 0 saturated heterocycles. The zero-order valence-electron chi connectivity index (χ0n) is 12.8. The Morgan fingerprint density at radius 3 is 2.71 bits per heavy atom. The molecule has 1 aromatic carbocycles. The minimum atomic E-state index is -0.645. The fraction of sp³-hybridized carbons (Fsp3) is 0.588. The number of hydrogen-bond donors (Lipinski definition) is 1. The molecule has 0 radical (unpaired) electrons. The summed E-state index contributed by atoms with van der Waals surface area (Å²) in [6.07, 6.45) is 3.99.